The molecule has 6 heteroatoms. The van der Waals surface area contributed by atoms with Gasteiger partial charge in [0, 0.05) is 23.7 Å². The van der Waals surface area contributed by atoms with Crippen LogP contribution in [0, 0.1) is 0 Å². The minimum atomic E-state index is -3.55. The molecule has 1 heterocycles. The molecule has 28 heavy (non-hydrogen) atoms. The summed E-state index contributed by atoms with van der Waals surface area (Å²) >= 11 is 0. The Kier molecular flexibility index (Phi) is 5.82. The van der Waals surface area contributed by atoms with Gasteiger partial charge in [0.05, 0.1) is 18.2 Å². The zero-order valence-corrected chi connectivity index (χ0v) is 17.0. The molecule has 146 valence electrons. The van der Waals surface area contributed by atoms with Gasteiger partial charge < -0.3 is 4.74 Å². The highest BCUT2D eigenvalue weighted by molar-refractivity contribution is 7.89. The van der Waals surface area contributed by atoms with Gasteiger partial charge in [-0.25, -0.2) is 13.1 Å². The van der Waals surface area contributed by atoms with Crippen LogP contribution in [0.3, 0.4) is 0 Å². The Balaban J connectivity index is 1.84. The summed E-state index contributed by atoms with van der Waals surface area (Å²) in [5.74, 6) is 0.697. The summed E-state index contributed by atoms with van der Waals surface area (Å²) in [6, 6.07) is 18.4. The number of benzene rings is 2. The number of aromatic nitrogens is 1. The second kappa shape index (κ2) is 8.12. The number of nitrogens with zero attached hydrogens (tertiary/aromatic N) is 1. The van der Waals surface area contributed by atoms with Gasteiger partial charge in [-0.05, 0) is 29.3 Å². The van der Waals surface area contributed by atoms with E-state index in [1.54, 1.807) is 49.8 Å². The molecule has 0 aliphatic heterocycles. The molecule has 2 aromatic carbocycles. The average Bonchev–Trinajstić information content (AvgIpc) is 2.73. The number of nitrogens with one attached hydrogen (secondary N) is 1. The molecule has 1 aromatic heterocycles. The van der Waals surface area contributed by atoms with Crippen molar-refractivity contribution < 1.29 is 13.2 Å². The summed E-state index contributed by atoms with van der Waals surface area (Å²) in [6.07, 6.45) is 3.41. The fourth-order valence-electron chi connectivity index (χ4n) is 2.95. The van der Waals surface area contributed by atoms with Crippen LogP contribution in [0.1, 0.15) is 19.4 Å². The molecule has 3 rings (SSSR count). The smallest absolute Gasteiger partial charge is 0.240 e. The first-order chi connectivity index (χ1) is 13.3. The Morgan fingerprint density at radius 3 is 2.50 bits per heavy atom. The number of sulfonamides is 1. The number of hydrogen-bond donors (Lipinski definition) is 1. The number of rotatable bonds is 7. The molecular weight excluding hydrogens is 372 g/mol. The summed E-state index contributed by atoms with van der Waals surface area (Å²) in [7, 11) is -1.93. The van der Waals surface area contributed by atoms with Crippen molar-refractivity contribution in [2.45, 2.75) is 24.2 Å². The van der Waals surface area contributed by atoms with Crippen LogP contribution in [-0.4, -0.2) is 27.1 Å². The molecule has 0 spiro atoms. The lowest BCUT2D eigenvalue weighted by molar-refractivity contribution is 0.414. The van der Waals surface area contributed by atoms with Gasteiger partial charge in [0.1, 0.15) is 5.75 Å². The highest BCUT2D eigenvalue weighted by Gasteiger charge is 2.24. The van der Waals surface area contributed by atoms with Crippen LogP contribution in [0.4, 0.5) is 0 Å². The Labute approximate surface area is 166 Å². The van der Waals surface area contributed by atoms with Gasteiger partial charge in [-0.3, -0.25) is 4.98 Å². The molecular formula is C22H24N2O3S. The molecule has 5 nitrogen and oxygen atoms in total. The fourth-order valence-corrected chi connectivity index (χ4v) is 4.18. The van der Waals surface area contributed by atoms with E-state index < -0.39 is 15.4 Å². The molecule has 0 fully saturated rings. The van der Waals surface area contributed by atoms with Crippen molar-refractivity contribution in [2.75, 3.05) is 13.7 Å². The van der Waals surface area contributed by atoms with Gasteiger partial charge in [0.2, 0.25) is 10.0 Å². The molecule has 3 aromatic rings. The van der Waals surface area contributed by atoms with Gasteiger partial charge >= 0.3 is 0 Å². The zero-order valence-electron chi connectivity index (χ0n) is 16.2. The molecule has 0 atom stereocenters. The second-order valence-corrected chi connectivity index (χ2v) is 8.95. The third-order valence-corrected chi connectivity index (χ3v) is 6.13. The normalized spacial score (nSPS) is 12.0. The van der Waals surface area contributed by atoms with E-state index in [0.29, 0.717) is 5.75 Å². The first-order valence-electron chi connectivity index (χ1n) is 8.97. The largest absolute Gasteiger partial charge is 0.494 e. The maximum Gasteiger partial charge on any atom is 0.240 e. The van der Waals surface area contributed by atoms with Crippen LogP contribution in [0.15, 0.2) is 78.0 Å². The van der Waals surface area contributed by atoms with Gasteiger partial charge in [-0.15, -0.1) is 0 Å². The lowest BCUT2D eigenvalue weighted by atomic mass is 9.83. The predicted molar refractivity (Wildman–Crippen MR) is 111 cm³/mol. The predicted octanol–water partition coefficient (Wildman–Crippen LogP) is 4.01. The number of hydrogen-bond acceptors (Lipinski definition) is 4. The van der Waals surface area contributed by atoms with Crippen molar-refractivity contribution >= 4 is 10.0 Å². The molecule has 0 amide bonds. The first kappa shape index (κ1) is 20.0. The van der Waals surface area contributed by atoms with Crippen molar-refractivity contribution in [1.82, 2.24) is 9.71 Å². The fraction of sp³-hybridized carbons (Fsp3) is 0.227. The van der Waals surface area contributed by atoms with Crippen LogP contribution < -0.4 is 9.46 Å². The molecule has 0 aliphatic rings. The molecule has 0 aliphatic carbocycles. The average molecular weight is 397 g/mol. The van der Waals surface area contributed by atoms with Crippen LogP contribution in [0.25, 0.3) is 11.1 Å². The zero-order chi connectivity index (χ0) is 20.2. The summed E-state index contributed by atoms with van der Waals surface area (Å²) in [4.78, 5) is 4.36. The summed E-state index contributed by atoms with van der Waals surface area (Å²) in [5.41, 5.74) is 2.56. The van der Waals surface area contributed by atoms with E-state index in [1.807, 2.05) is 38.1 Å². The van der Waals surface area contributed by atoms with E-state index in [0.717, 1.165) is 16.7 Å². The molecule has 1 N–H and O–H groups in total. The van der Waals surface area contributed by atoms with E-state index in [-0.39, 0.29) is 11.4 Å². The minimum Gasteiger partial charge on any atom is -0.494 e. The van der Waals surface area contributed by atoms with E-state index in [9.17, 15) is 8.42 Å². The molecule has 0 unspecified atom stereocenters. The van der Waals surface area contributed by atoms with Crippen molar-refractivity contribution in [1.29, 1.82) is 0 Å². The summed E-state index contributed by atoms with van der Waals surface area (Å²) in [5, 5.41) is 0. The molecule has 0 bridgehead atoms. The minimum absolute atomic E-state index is 0.265. The van der Waals surface area contributed by atoms with Gasteiger partial charge in [-0.2, -0.15) is 0 Å². The van der Waals surface area contributed by atoms with Crippen molar-refractivity contribution in [3.8, 4) is 16.9 Å². The number of methoxy groups -OCH3 is 1. The monoisotopic (exact) mass is 396 g/mol. The SMILES string of the molecule is COc1cnccc1-c1cccc(C(C)(C)CNS(=O)(=O)c2ccccc2)c1. The third kappa shape index (κ3) is 4.40. The Hall–Kier alpha value is -2.70. The second-order valence-electron chi connectivity index (χ2n) is 7.18. The van der Waals surface area contributed by atoms with Gasteiger partial charge in [0.25, 0.3) is 0 Å². The Bertz CT molecular complexity index is 1050. The quantitative estimate of drug-likeness (QED) is 0.655. The van der Waals surface area contributed by atoms with Gasteiger partial charge in [0.15, 0.2) is 0 Å². The van der Waals surface area contributed by atoms with E-state index in [1.165, 1.54) is 0 Å². The van der Waals surface area contributed by atoms with Gasteiger partial charge in [-0.1, -0.05) is 56.3 Å². The van der Waals surface area contributed by atoms with Crippen LogP contribution in [0.2, 0.25) is 0 Å². The lowest BCUT2D eigenvalue weighted by Gasteiger charge is -2.26. The van der Waals surface area contributed by atoms with Crippen LogP contribution in [-0.2, 0) is 15.4 Å². The van der Waals surface area contributed by atoms with Crippen molar-refractivity contribution in [3.63, 3.8) is 0 Å². The maximum absolute atomic E-state index is 12.5. The number of pyridine rings is 1. The van der Waals surface area contributed by atoms with Crippen LogP contribution in [0.5, 0.6) is 5.75 Å². The molecule has 0 saturated heterocycles. The summed E-state index contributed by atoms with van der Waals surface area (Å²) < 4.78 is 33.2. The molecule has 0 radical (unpaired) electrons. The van der Waals surface area contributed by atoms with E-state index in [4.69, 9.17) is 4.74 Å². The Morgan fingerprint density at radius 1 is 1.04 bits per heavy atom. The van der Waals surface area contributed by atoms with E-state index >= 15 is 0 Å². The third-order valence-electron chi connectivity index (χ3n) is 4.72. The number of ether oxygens (including phenoxy) is 1. The maximum atomic E-state index is 12.5. The van der Waals surface area contributed by atoms with Crippen molar-refractivity contribution in [3.05, 3.63) is 78.6 Å². The van der Waals surface area contributed by atoms with Crippen molar-refractivity contribution in [2.24, 2.45) is 0 Å². The first-order valence-corrected chi connectivity index (χ1v) is 10.5. The standard InChI is InChI=1S/C22H24N2O3S/c1-22(2,16-24-28(25,26)19-10-5-4-6-11-19)18-9-7-8-17(14-18)20-12-13-23-15-21(20)27-3/h4-15,24H,16H2,1-3H3. The Morgan fingerprint density at radius 2 is 1.79 bits per heavy atom. The molecule has 0 saturated carbocycles. The lowest BCUT2D eigenvalue weighted by Crippen LogP contribution is -2.36. The summed E-state index contributed by atoms with van der Waals surface area (Å²) in [6.45, 7) is 4.31. The highest BCUT2D eigenvalue weighted by atomic mass is 32.2. The highest BCUT2D eigenvalue weighted by Crippen LogP contribution is 2.32. The van der Waals surface area contributed by atoms with E-state index in [2.05, 4.69) is 15.8 Å². The van der Waals surface area contributed by atoms with Crippen LogP contribution >= 0.6 is 0 Å². The topological polar surface area (TPSA) is 68.3 Å².